The molecule has 4 rings (SSSR count). The molecule has 0 radical (unpaired) electrons. The van der Waals surface area contributed by atoms with Gasteiger partial charge in [-0.1, -0.05) is 30.3 Å². The molecule has 3 heterocycles. The summed E-state index contributed by atoms with van der Waals surface area (Å²) in [7, 11) is 0. The van der Waals surface area contributed by atoms with E-state index in [1.807, 2.05) is 30.6 Å². The number of H-pyrrole nitrogens is 2. The van der Waals surface area contributed by atoms with Crippen molar-refractivity contribution >= 4 is 0 Å². The lowest BCUT2D eigenvalue weighted by Gasteiger charge is -2.31. The molecule has 3 aromatic rings. The summed E-state index contributed by atoms with van der Waals surface area (Å²) in [5.74, 6) is 0.582. The molecule has 1 aliphatic heterocycles. The minimum atomic E-state index is 0.582. The molecule has 118 valence electrons. The fraction of sp³-hybridized carbons (Fsp3) is 0.333. The molecular weight excluding hydrogens is 286 g/mol. The molecule has 0 saturated carbocycles. The number of rotatable bonds is 4. The van der Waals surface area contributed by atoms with Gasteiger partial charge in [0.2, 0.25) is 0 Å². The summed E-state index contributed by atoms with van der Waals surface area (Å²) in [6.07, 6.45) is 6.46. The predicted octanol–water partition coefficient (Wildman–Crippen LogP) is 3.18. The molecule has 0 aliphatic carbocycles. The molecule has 1 saturated heterocycles. The third kappa shape index (κ3) is 3.19. The fourth-order valence-corrected chi connectivity index (χ4v) is 3.40. The van der Waals surface area contributed by atoms with Gasteiger partial charge in [-0.3, -0.25) is 15.1 Å². The van der Waals surface area contributed by atoms with Crippen molar-refractivity contribution in [2.24, 2.45) is 0 Å². The molecule has 1 aliphatic rings. The minimum absolute atomic E-state index is 0.582. The molecule has 1 atom stereocenters. The SMILES string of the molecule is c1ccc(-c2cc(CN3CCC[C@H](c4cn[nH]c4)C3)[nH]n2)cc1. The first kappa shape index (κ1) is 14.2. The van der Waals surface area contributed by atoms with Crippen molar-refractivity contribution < 1.29 is 0 Å². The number of aromatic nitrogens is 4. The number of hydrogen-bond acceptors (Lipinski definition) is 3. The van der Waals surface area contributed by atoms with E-state index in [1.165, 1.54) is 24.1 Å². The Morgan fingerprint density at radius 3 is 2.96 bits per heavy atom. The first-order chi connectivity index (χ1) is 11.4. The molecule has 2 aromatic heterocycles. The summed E-state index contributed by atoms with van der Waals surface area (Å²) in [4.78, 5) is 2.50. The quantitative estimate of drug-likeness (QED) is 0.778. The first-order valence-corrected chi connectivity index (χ1v) is 8.19. The van der Waals surface area contributed by atoms with E-state index in [0.717, 1.165) is 30.9 Å². The van der Waals surface area contributed by atoms with Gasteiger partial charge in [-0.2, -0.15) is 10.2 Å². The third-order valence-corrected chi connectivity index (χ3v) is 4.59. The van der Waals surface area contributed by atoms with Gasteiger partial charge in [0, 0.05) is 30.5 Å². The first-order valence-electron chi connectivity index (χ1n) is 8.19. The lowest BCUT2D eigenvalue weighted by molar-refractivity contribution is 0.198. The van der Waals surface area contributed by atoms with Crippen molar-refractivity contribution in [3.05, 3.63) is 60.0 Å². The van der Waals surface area contributed by atoms with Crippen LogP contribution in [-0.4, -0.2) is 38.4 Å². The lowest BCUT2D eigenvalue weighted by Crippen LogP contribution is -2.33. The summed E-state index contributed by atoms with van der Waals surface area (Å²) in [6.45, 7) is 3.15. The van der Waals surface area contributed by atoms with Crippen LogP contribution in [0.4, 0.5) is 0 Å². The monoisotopic (exact) mass is 307 g/mol. The fourth-order valence-electron chi connectivity index (χ4n) is 3.40. The van der Waals surface area contributed by atoms with Crippen LogP contribution in [0.15, 0.2) is 48.8 Å². The van der Waals surface area contributed by atoms with Gasteiger partial charge in [-0.25, -0.2) is 0 Å². The van der Waals surface area contributed by atoms with Gasteiger partial charge in [-0.15, -0.1) is 0 Å². The van der Waals surface area contributed by atoms with Gasteiger partial charge in [0.25, 0.3) is 0 Å². The van der Waals surface area contributed by atoms with Crippen LogP contribution in [0.25, 0.3) is 11.3 Å². The van der Waals surface area contributed by atoms with Crippen molar-refractivity contribution in [1.82, 2.24) is 25.3 Å². The average molecular weight is 307 g/mol. The Labute approximate surface area is 135 Å². The Morgan fingerprint density at radius 1 is 1.22 bits per heavy atom. The zero-order valence-corrected chi connectivity index (χ0v) is 13.1. The number of nitrogens with one attached hydrogen (secondary N) is 2. The predicted molar refractivity (Wildman–Crippen MR) is 89.9 cm³/mol. The van der Waals surface area contributed by atoms with Crippen LogP contribution in [0, 0.1) is 0 Å². The van der Waals surface area contributed by atoms with Crippen LogP contribution in [0.1, 0.15) is 30.0 Å². The minimum Gasteiger partial charge on any atom is -0.297 e. The van der Waals surface area contributed by atoms with Gasteiger partial charge in [-0.05, 0) is 36.9 Å². The highest BCUT2D eigenvalue weighted by Crippen LogP contribution is 2.27. The van der Waals surface area contributed by atoms with Crippen LogP contribution in [0.2, 0.25) is 0 Å². The van der Waals surface area contributed by atoms with Crippen molar-refractivity contribution in [3.63, 3.8) is 0 Å². The summed E-state index contributed by atoms with van der Waals surface area (Å²) < 4.78 is 0. The highest BCUT2D eigenvalue weighted by molar-refractivity contribution is 5.58. The molecule has 0 unspecified atom stereocenters. The average Bonchev–Trinajstić information content (AvgIpc) is 3.28. The van der Waals surface area contributed by atoms with Crippen LogP contribution < -0.4 is 0 Å². The van der Waals surface area contributed by atoms with Crippen LogP contribution in [-0.2, 0) is 6.54 Å². The van der Waals surface area contributed by atoms with Gasteiger partial charge in [0.15, 0.2) is 0 Å². The largest absolute Gasteiger partial charge is 0.297 e. The Kier molecular flexibility index (Phi) is 3.94. The smallest absolute Gasteiger partial charge is 0.0924 e. The molecule has 0 spiro atoms. The molecule has 0 amide bonds. The summed E-state index contributed by atoms with van der Waals surface area (Å²) in [6, 6.07) is 12.5. The topological polar surface area (TPSA) is 60.6 Å². The van der Waals surface area contributed by atoms with Crippen molar-refractivity contribution in [2.75, 3.05) is 13.1 Å². The molecule has 2 N–H and O–H groups in total. The highest BCUT2D eigenvalue weighted by Gasteiger charge is 2.22. The summed E-state index contributed by atoms with van der Waals surface area (Å²) in [5, 5.41) is 14.7. The molecule has 23 heavy (non-hydrogen) atoms. The standard InChI is InChI=1S/C18H21N5/c1-2-5-14(6-3-1)18-9-17(21-22-18)13-23-8-4-7-15(12-23)16-10-19-20-11-16/h1-3,5-6,9-11,15H,4,7-8,12-13H2,(H,19,20)(H,21,22)/t15-/m0/s1. The van der Waals surface area contributed by atoms with E-state index in [4.69, 9.17) is 0 Å². The zero-order valence-electron chi connectivity index (χ0n) is 13.1. The van der Waals surface area contributed by atoms with E-state index in [0.29, 0.717) is 5.92 Å². The molecule has 5 heteroatoms. The normalized spacial score (nSPS) is 19.0. The second-order valence-electron chi connectivity index (χ2n) is 6.25. The van der Waals surface area contributed by atoms with Gasteiger partial charge >= 0.3 is 0 Å². The number of aromatic amines is 2. The highest BCUT2D eigenvalue weighted by atomic mass is 15.2. The maximum absolute atomic E-state index is 4.45. The second-order valence-corrected chi connectivity index (χ2v) is 6.25. The van der Waals surface area contributed by atoms with Crippen molar-refractivity contribution in [3.8, 4) is 11.3 Å². The van der Waals surface area contributed by atoms with E-state index in [9.17, 15) is 0 Å². The maximum Gasteiger partial charge on any atom is 0.0924 e. The Morgan fingerprint density at radius 2 is 2.13 bits per heavy atom. The Bertz CT molecular complexity index is 732. The van der Waals surface area contributed by atoms with E-state index < -0.39 is 0 Å². The van der Waals surface area contributed by atoms with Crippen molar-refractivity contribution in [2.45, 2.75) is 25.3 Å². The molecule has 1 aromatic carbocycles. The van der Waals surface area contributed by atoms with E-state index in [-0.39, 0.29) is 0 Å². The van der Waals surface area contributed by atoms with Crippen LogP contribution in [0.3, 0.4) is 0 Å². The number of likely N-dealkylation sites (tertiary alicyclic amines) is 1. The second kappa shape index (κ2) is 6.38. The molecule has 5 nitrogen and oxygen atoms in total. The van der Waals surface area contributed by atoms with Crippen LogP contribution >= 0.6 is 0 Å². The van der Waals surface area contributed by atoms with Crippen molar-refractivity contribution in [1.29, 1.82) is 0 Å². The van der Waals surface area contributed by atoms with E-state index in [1.54, 1.807) is 0 Å². The van der Waals surface area contributed by atoms with Crippen LogP contribution in [0.5, 0.6) is 0 Å². The lowest BCUT2D eigenvalue weighted by atomic mass is 9.93. The number of benzene rings is 1. The van der Waals surface area contributed by atoms with Gasteiger partial charge in [0.1, 0.15) is 0 Å². The van der Waals surface area contributed by atoms with Gasteiger partial charge < -0.3 is 0 Å². The van der Waals surface area contributed by atoms with E-state index >= 15 is 0 Å². The third-order valence-electron chi connectivity index (χ3n) is 4.59. The summed E-state index contributed by atoms with van der Waals surface area (Å²) >= 11 is 0. The maximum atomic E-state index is 4.45. The van der Waals surface area contributed by atoms with Gasteiger partial charge in [0.05, 0.1) is 11.9 Å². The number of hydrogen-bond donors (Lipinski definition) is 2. The molecule has 0 bridgehead atoms. The van der Waals surface area contributed by atoms with E-state index in [2.05, 4.69) is 43.5 Å². The molecule has 1 fully saturated rings. The Hall–Kier alpha value is -2.40. The summed E-state index contributed by atoms with van der Waals surface area (Å²) in [5.41, 5.74) is 4.68. The zero-order chi connectivity index (χ0) is 15.5. The molecular formula is C18H21N5. The Balaban J connectivity index is 1.43. The number of piperidine rings is 1. The number of nitrogens with zero attached hydrogens (tertiary/aromatic N) is 3.